The molecule has 1 aromatic rings. The van der Waals surface area contributed by atoms with Crippen LogP contribution in [0.5, 0.6) is 0 Å². The second kappa shape index (κ2) is 5.32. The van der Waals surface area contributed by atoms with Gasteiger partial charge in [0, 0.05) is 31.3 Å². The average Bonchev–Trinajstić information content (AvgIpc) is 3.40. The maximum atomic E-state index is 12.3. The molecule has 5 heteroatoms. The zero-order chi connectivity index (χ0) is 15.4. The maximum absolute atomic E-state index is 12.3. The average molecular weight is 315 g/mol. The van der Waals surface area contributed by atoms with Crippen LogP contribution in [0.1, 0.15) is 74.9 Å². The first-order valence-electron chi connectivity index (χ1n) is 9.39. The highest BCUT2D eigenvalue weighted by molar-refractivity contribution is 5.79. The molecule has 0 bridgehead atoms. The number of aromatic nitrogens is 2. The number of carbonyl (C=O) groups is 1. The summed E-state index contributed by atoms with van der Waals surface area (Å²) in [5, 5.41) is 4.26. The molecule has 0 unspecified atom stereocenters. The summed E-state index contributed by atoms with van der Waals surface area (Å²) in [5.41, 5.74) is 0. The van der Waals surface area contributed by atoms with Gasteiger partial charge in [0.2, 0.25) is 11.8 Å². The summed E-state index contributed by atoms with van der Waals surface area (Å²) in [7, 11) is 0. The molecule has 1 atom stereocenters. The van der Waals surface area contributed by atoms with Crippen molar-refractivity contribution in [2.45, 2.75) is 63.2 Å². The molecule has 2 heterocycles. The number of nitrogens with zero attached hydrogens (tertiary/aromatic N) is 3. The van der Waals surface area contributed by atoms with Crippen LogP contribution < -0.4 is 0 Å². The van der Waals surface area contributed by atoms with E-state index in [1.807, 2.05) is 4.90 Å². The molecule has 3 saturated carbocycles. The van der Waals surface area contributed by atoms with Crippen LogP contribution in [-0.2, 0) is 4.79 Å². The fourth-order valence-electron chi connectivity index (χ4n) is 4.36. The van der Waals surface area contributed by atoms with Crippen molar-refractivity contribution >= 4 is 5.91 Å². The van der Waals surface area contributed by atoms with Crippen molar-refractivity contribution in [1.29, 1.82) is 0 Å². The van der Waals surface area contributed by atoms with E-state index in [0.717, 1.165) is 42.6 Å². The van der Waals surface area contributed by atoms with E-state index >= 15 is 0 Å². The van der Waals surface area contributed by atoms with E-state index in [4.69, 9.17) is 9.51 Å². The highest BCUT2D eigenvalue weighted by Gasteiger charge is 2.46. The predicted molar refractivity (Wildman–Crippen MR) is 83.8 cm³/mol. The first-order valence-corrected chi connectivity index (χ1v) is 9.39. The van der Waals surface area contributed by atoms with Crippen LogP contribution in [0.25, 0.3) is 0 Å². The minimum Gasteiger partial charge on any atom is -0.342 e. The summed E-state index contributed by atoms with van der Waals surface area (Å²) in [5.74, 6) is 4.82. The summed E-state index contributed by atoms with van der Waals surface area (Å²) in [6, 6.07) is 0. The molecule has 1 aromatic heterocycles. The Hall–Kier alpha value is -1.39. The first-order chi connectivity index (χ1) is 11.3. The van der Waals surface area contributed by atoms with E-state index in [1.54, 1.807) is 0 Å². The molecule has 0 radical (unpaired) electrons. The van der Waals surface area contributed by atoms with Gasteiger partial charge in [-0.2, -0.15) is 4.98 Å². The van der Waals surface area contributed by atoms with Crippen LogP contribution in [-0.4, -0.2) is 34.0 Å². The normalized spacial score (nSPS) is 28.7. The standard InChI is InChI=1S/C18H25N3O2/c22-15-8-14(10-21(15)9-11-2-1-3-11)17-19-18(23-20-17)16(12-4-5-12)13-6-7-13/h11-14,16H,1-10H2/t14-/m1/s1. The molecule has 0 spiro atoms. The monoisotopic (exact) mass is 315 g/mol. The Bertz CT molecular complexity index is 589. The van der Waals surface area contributed by atoms with Crippen molar-refractivity contribution in [1.82, 2.24) is 15.0 Å². The van der Waals surface area contributed by atoms with Crippen LogP contribution in [0.4, 0.5) is 0 Å². The van der Waals surface area contributed by atoms with Crippen molar-refractivity contribution in [3.63, 3.8) is 0 Å². The van der Waals surface area contributed by atoms with Gasteiger partial charge in [-0.15, -0.1) is 0 Å². The minimum absolute atomic E-state index is 0.138. The van der Waals surface area contributed by atoms with Gasteiger partial charge in [0.15, 0.2) is 5.82 Å². The fourth-order valence-corrected chi connectivity index (χ4v) is 4.36. The van der Waals surface area contributed by atoms with E-state index < -0.39 is 0 Å². The summed E-state index contributed by atoms with van der Waals surface area (Å²) in [6.07, 6.45) is 9.71. The Morgan fingerprint density at radius 2 is 1.87 bits per heavy atom. The van der Waals surface area contributed by atoms with Crippen LogP contribution in [0, 0.1) is 17.8 Å². The molecule has 0 N–H and O–H groups in total. The van der Waals surface area contributed by atoms with E-state index in [9.17, 15) is 4.79 Å². The molecule has 5 rings (SSSR count). The molecule has 23 heavy (non-hydrogen) atoms. The van der Waals surface area contributed by atoms with E-state index in [0.29, 0.717) is 12.3 Å². The van der Waals surface area contributed by atoms with Crippen molar-refractivity contribution < 1.29 is 9.32 Å². The molecular weight excluding hydrogens is 290 g/mol. The second-order valence-corrected chi connectivity index (χ2v) is 8.19. The van der Waals surface area contributed by atoms with Gasteiger partial charge in [-0.05, 0) is 56.3 Å². The Labute approximate surface area is 136 Å². The Morgan fingerprint density at radius 1 is 1.13 bits per heavy atom. The lowest BCUT2D eigenvalue weighted by atomic mass is 9.85. The summed E-state index contributed by atoms with van der Waals surface area (Å²) in [4.78, 5) is 19.0. The third-order valence-corrected chi connectivity index (χ3v) is 6.29. The topological polar surface area (TPSA) is 59.2 Å². The van der Waals surface area contributed by atoms with Gasteiger partial charge in [-0.25, -0.2) is 0 Å². The van der Waals surface area contributed by atoms with Crippen LogP contribution in [0.3, 0.4) is 0 Å². The van der Waals surface area contributed by atoms with E-state index in [2.05, 4.69) is 5.16 Å². The van der Waals surface area contributed by atoms with Crippen LogP contribution in [0.2, 0.25) is 0 Å². The quantitative estimate of drug-likeness (QED) is 0.809. The zero-order valence-corrected chi connectivity index (χ0v) is 13.6. The van der Waals surface area contributed by atoms with Gasteiger partial charge in [-0.3, -0.25) is 4.79 Å². The molecule has 1 amide bonds. The molecule has 5 nitrogen and oxygen atoms in total. The van der Waals surface area contributed by atoms with E-state index in [1.165, 1.54) is 44.9 Å². The number of carbonyl (C=O) groups excluding carboxylic acids is 1. The zero-order valence-electron chi connectivity index (χ0n) is 13.6. The van der Waals surface area contributed by atoms with Crippen LogP contribution in [0.15, 0.2) is 4.52 Å². The smallest absolute Gasteiger partial charge is 0.230 e. The highest BCUT2D eigenvalue weighted by atomic mass is 16.5. The SMILES string of the molecule is O=C1C[C@@H](c2noc(C(C3CC3)C3CC3)n2)CN1CC1CCC1. The predicted octanol–water partition coefficient (Wildman–Crippen LogP) is 3.09. The molecular formula is C18H25N3O2. The van der Waals surface area contributed by atoms with Gasteiger partial charge in [0.05, 0.1) is 0 Å². The molecule has 4 fully saturated rings. The van der Waals surface area contributed by atoms with Crippen molar-refractivity contribution in [3.8, 4) is 0 Å². The van der Waals surface area contributed by atoms with E-state index in [-0.39, 0.29) is 11.8 Å². The van der Waals surface area contributed by atoms with Gasteiger partial charge < -0.3 is 9.42 Å². The lowest BCUT2D eigenvalue weighted by molar-refractivity contribution is -0.128. The van der Waals surface area contributed by atoms with Gasteiger partial charge >= 0.3 is 0 Å². The molecule has 1 aliphatic heterocycles. The highest BCUT2D eigenvalue weighted by Crippen LogP contribution is 2.54. The second-order valence-electron chi connectivity index (χ2n) is 8.19. The third kappa shape index (κ3) is 2.68. The molecule has 3 aliphatic carbocycles. The van der Waals surface area contributed by atoms with Crippen LogP contribution >= 0.6 is 0 Å². The van der Waals surface area contributed by atoms with Gasteiger partial charge in [-0.1, -0.05) is 11.6 Å². The number of hydrogen-bond donors (Lipinski definition) is 0. The van der Waals surface area contributed by atoms with Crippen molar-refractivity contribution in [2.75, 3.05) is 13.1 Å². The summed E-state index contributed by atoms with van der Waals surface area (Å²) in [6.45, 7) is 1.72. The Morgan fingerprint density at radius 3 is 2.48 bits per heavy atom. The number of amides is 1. The lowest BCUT2D eigenvalue weighted by Gasteiger charge is -2.30. The number of likely N-dealkylation sites (tertiary alicyclic amines) is 1. The minimum atomic E-state index is 0.138. The fraction of sp³-hybridized carbons (Fsp3) is 0.833. The van der Waals surface area contributed by atoms with Crippen molar-refractivity contribution in [2.24, 2.45) is 17.8 Å². The first kappa shape index (κ1) is 14.0. The number of hydrogen-bond acceptors (Lipinski definition) is 4. The maximum Gasteiger partial charge on any atom is 0.230 e. The molecule has 124 valence electrons. The summed E-state index contributed by atoms with van der Waals surface area (Å²) >= 11 is 0. The van der Waals surface area contributed by atoms with Gasteiger partial charge in [0.1, 0.15) is 0 Å². The van der Waals surface area contributed by atoms with Gasteiger partial charge in [0.25, 0.3) is 0 Å². The Kier molecular flexibility index (Phi) is 3.24. The molecule has 0 aromatic carbocycles. The largest absolute Gasteiger partial charge is 0.342 e. The Balaban J connectivity index is 1.27. The molecule has 4 aliphatic rings. The number of rotatable bonds is 6. The third-order valence-electron chi connectivity index (χ3n) is 6.29. The summed E-state index contributed by atoms with van der Waals surface area (Å²) < 4.78 is 5.63. The lowest BCUT2D eigenvalue weighted by Crippen LogP contribution is -2.33. The molecule has 1 saturated heterocycles. The van der Waals surface area contributed by atoms with Crippen molar-refractivity contribution in [3.05, 3.63) is 11.7 Å².